The second-order valence-corrected chi connectivity index (χ2v) is 3.87. The molecule has 0 amide bonds. The lowest BCUT2D eigenvalue weighted by Crippen LogP contribution is -2.35. The topological polar surface area (TPSA) is 58.9 Å². The van der Waals surface area contributed by atoms with Gasteiger partial charge in [-0.2, -0.15) is 0 Å². The summed E-state index contributed by atoms with van der Waals surface area (Å²) in [6.45, 7) is 1.35. The highest BCUT2D eigenvalue weighted by molar-refractivity contribution is 6.59. The SMILES string of the molecule is OB(O)c1ccccc1OC1CCCOC1. The van der Waals surface area contributed by atoms with Crippen LogP contribution in [0.15, 0.2) is 24.3 Å². The molecule has 1 unspecified atom stereocenters. The molecule has 1 aromatic rings. The Morgan fingerprint density at radius 3 is 2.81 bits per heavy atom. The maximum absolute atomic E-state index is 9.18. The van der Waals surface area contributed by atoms with E-state index < -0.39 is 7.12 Å². The van der Waals surface area contributed by atoms with Crippen LogP contribution in [0, 0.1) is 0 Å². The van der Waals surface area contributed by atoms with Crippen LogP contribution < -0.4 is 10.2 Å². The quantitative estimate of drug-likeness (QED) is 0.702. The van der Waals surface area contributed by atoms with Gasteiger partial charge in [0.2, 0.25) is 0 Å². The van der Waals surface area contributed by atoms with E-state index in [1.165, 1.54) is 0 Å². The van der Waals surface area contributed by atoms with Crippen LogP contribution in [0.4, 0.5) is 0 Å². The Labute approximate surface area is 95.0 Å². The van der Waals surface area contributed by atoms with Crippen LogP contribution in [-0.4, -0.2) is 36.5 Å². The molecule has 1 heterocycles. The lowest BCUT2D eigenvalue weighted by atomic mass is 9.79. The molecule has 1 aliphatic heterocycles. The fourth-order valence-corrected chi connectivity index (χ4v) is 1.78. The number of ether oxygens (including phenoxy) is 2. The maximum atomic E-state index is 9.18. The van der Waals surface area contributed by atoms with E-state index in [0.717, 1.165) is 19.4 Å². The molecule has 2 N–H and O–H groups in total. The van der Waals surface area contributed by atoms with Crippen molar-refractivity contribution < 1.29 is 19.5 Å². The molecular formula is C11H15BO4. The number of para-hydroxylation sites is 1. The van der Waals surface area contributed by atoms with Gasteiger partial charge in [0.25, 0.3) is 0 Å². The minimum absolute atomic E-state index is 0.00801. The van der Waals surface area contributed by atoms with E-state index >= 15 is 0 Å². The average molecular weight is 222 g/mol. The molecule has 0 spiro atoms. The Balaban J connectivity index is 2.07. The zero-order valence-corrected chi connectivity index (χ0v) is 9.00. The van der Waals surface area contributed by atoms with E-state index in [4.69, 9.17) is 9.47 Å². The van der Waals surface area contributed by atoms with Gasteiger partial charge >= 0.3 is 7.12 Å². The summed E-state index contributed by atoms with van der Waals surface area (Å²) in [7, 11) is -1.50. The van der Waals surface area contributed by atoms with Gasteiger partial charge in [-0.3, -0.25) is 0 Å². The van der Waals surface area contributed by atoms with Crippen molar-refractivity contribution >= 4 is 12.6 Å². The molecule has 16 heavy (non-hydrogen) atoms. The van der Waals surface area contributed by atoms with Gasteiger partial charge in [0.05, 0.1) is 6.61 Å². The van der Waals surface area contributed by atoms with E-state index in [1.807, 2.05) is 6.07 Å². The third-order valence-corrected chi connectivity index (χ3v) is 2.61. The standard InChI is InChI=1S/C11H15BO4/c13-12(14)10-5-1-2-6-11(10)16-9-4-3-7-15-8-9/h1-2,5-6,9,13-14H,3-4,7-8H2. The van der Waals surface area contributed by atoms with Crippen LogP contribution in [0.1, 0.15) is 12.8 Å². The van der Waals surface area contributed by atoms with Crippen LogP contribution in [0.3, 0.4) is 0 Å². The molecule has 1 aliphatic rings. The fourth-order valence-electron chi connectivity index (χ4n) is 1.78. The molecule has 1 fully saturated rings. The first kappa shape index (κ1) is 11.5. The summed E-state index contributed by atoms with van der Waals surface area (Å²) < 4.78 is 11.0. The molecule has 86 valence electrons. The fraction of sp³-hybridized carbons (Fsp3) is 0.455. The Morgan fingerprint density at radius 1 is 1.31 bits per heavy atom. The van der Waals surface area contributed by atoms with Gasteiger partial charge in [-0.25, -0.2) is 0 Å². The second kappa shape index (κ2) is 5.34. The molecule has 1 aromatic carbocycles. The molecule has 0 saturated carbocycles. The number of benzene rings is 1. The van der Waals surface area contributed by atoms with Gasteiger partial charge in [0, 0.05) is 12.1 Å². The summed E-state index contributed by atoms with van der Waals surface area (Å²) in [6.07, 6.45) is 1.93. The average Bonchev–Trinajstić information content (AvgIpc) is 2.31. The van der Waals surface area contributed by atoms with E-state index in [-0.39, 0.29) is 6.10 Å². The van der Waals surface area contributed by atoms with Gasteiger partial charge in [0.15, 0.2) is 0 Å². The van der Waals surface area contributed by atoms with Gasteiger partial charge in [-0.05, 0) is 18.9 Å². The van der Waals surface area contributed by atoms with E-state index in [1.54, 1.807) is 18.2 Å². The van der Waals surface area contributed by atoms with Crippen molar-refractivity contribution in [3.05, 3.63) is 24.3 Å². The Hall–Kier alpha value is -1.04. The highest BCUT2D eigenvalue weighted by Crippen LogP contribution is 2.15. The summed E-state index contributed by atoms with van der Waals surface area (Å²) in [6, 6.07) is 6.94. The van der Waals surface area contributed by atoms with Crippen LogP contribution >= 0.6 is 0 Å². The lowest BCUT2D eigenvalue weighted by Gasteiger charge is -2.24. The van der Waals surface area contributed by atoms with E-state index in [2.05, 4.69) is 0 Å². The molecule has 2 rings (SSSR count). The molecular weight excluding hydrogens is 207 g/mol. The van der Waals surface area contributed by atoms with Crippen molar-refractivity contribution in [2.75, 3.05) is 13.2 Å². The van der Waals surface area contributed by atoms with Crippen molar-refractivity contribution in [1.82, 2.24) is 0 Å². The van der Waals surface area contributed by atoms with Crippen LogP contribution in [-0.2, 0) is 4.74 Å². The number of hydrogen-bond donors (Lipinski definition) is 2. The first-order valence-electron chi connectivity index (χ1n) is 5.47. The minimum atomic E-state index is -1.50. The molecule has 0 bridgehead atoms. The zero-order chi connectivity index (χ0) is 11.4. The molecule has 5 heteroatoms. The number of rotatable bonds is 3. The molecule has 0 aliphatic carbocycles. The van der Waals surface area contributed by atoms with Crippen LogP contribution in [0.25, 0.3) is 0 Å². The zero-order valence-electron chi connectivity index (χ0n) is 9.00. The van der Waals surface area contributed by atoms with E-state index in [0.29, 0.717) is 17.8 Å². The Bertz CT molecular complexity index is 337. The largest absolute Gasteiger partial charge is 0.492 e. The highest BCUT2D eigenvalue weighted by atomic mass is 16.5. The normalized spacial score (nSPS) is 20.5. The molecule has 1 atom stereocenters. The monoisotopic (exact) mass is 222 g/mol. The molecule has 0 aromatic heterocycles. The van der Waals surface area contributed by atoms with Crippen molar-refractivity contribution in [3.63, 3.8) is 0 Å². The maximum Gasteiger partial charge on any atom is 0.492 e. The van der Waals surface area contributed by atoms with Crippen molar-refractivity contribution in [2.24, 2.45) is 0 Å². The van der Waals surface area contributed by atoms with E-state index in [9.17, 15) is 10.0 Å². The van der Waals surface area contributed by atoms with Gasteiger partial charge in [-0.1, -0.05) is 18.2 Å². The Morgan fingerprint density at radius 2 is 2.12 bits per heavy atom. The predicted molar refractivity (Wildman–Crippen MR) is 60.7 cm³/mol. The second-order valence-electron chi connectivity index (χ2n) is 3.87. The summed E-state index contributed by atoms with van der Waals surface area (Å²) in [4.78, 5) is 0. The summed E-state index contributed by atoms with van der Waals surface area (Å²) in [5, 5.41) is 18.4. The molecule has 1 saturated heterocycles. The lowest BCUT2D eigenvalue weighted by molar-refractivity contribution is 0.00778. The minimum Gasteiger partial charge on any atom is -0.488 e. The van der Waals surface area contributed by atoms with Crippen LogP contribution in [0.5, 0.6) is 5.75 Å². The number of hydrogen-bond acceptors (Lipinski definition) is 4. The highest BCUT2D eigenvalue weighted by Gasteiger charge is 2.20. The van der Waals surface area contributed by atoms with Crippen molar-refractivity contribution in [3.8, 4) is 5.75 Å². The third-order valence-electron chi connectivity index (χ3n) is 2.61. The van der Waals surface area contributed by atoms with Crippen molar-refractivity contribution in [2.45, 2.75) is 18.9 Å². The van der Waals surface area contributed by atoms with Gasteiger partial charge < -0.3 is 19.5 Å². The molecule has 0 radical (unpaired) electrons. The van der Waals surface area contributed by atoms with Gasteiger partial charge in [0.1, 0.15) is 11.9 Å². The Kier molecular flexibility index (Phi) is 3.82. The predicted octanol–water partition coefficient (Wildman–Crippen LogP) is -0.0758. The molecule has 4 nitrogen and oxygen atoms in total. The smallest absolute Gasteiger partial charge is 0.488 e. The van der Waals surface area contributed by atoms with Gasteiger partial charge in [-0.15, -0.1) is 0 Å². The first-order valence-corrected chi connectivity index (χ1v) is 5.47. The summed E-state index contributed by atoms with van der Waals surface area (Å²) >= 11 is 0. The first-order chi connectivity index (χ1) is 7.77. The van der Waals surface area contributed by atoms with Crippen LogP contribution in [0.2, 0.25) is 0 Å². The summed E-state index contributed by atoms with van der Waals surface area (Å²) in [5.74, 6) is 0.521. The summed E-state index contributed by atoms with van der Waals surface area (Å²) in [5.41, 5.74) is 0.396. The van der Waals surface area contributed by atoms with Crippen molar-refractivity contribution in [1.29, 1.82) is 0 Å². The third kappa shape index (κ3) is 2.75.